The lowest BCUT2D eigenvalue weighted by Gasteiger charge is -2.19. The fourth-order valence-electron chi connectivity index (χ4n) is 1.55. The molecule has 4 nitrogen and oxygen atoms in total. The van der Waals surface area contributed by atoms with Crippen LogP contribution in [0.15, 0.2) is 23.1 Å². The largest absolute Gasteiger partial charge is 0.344 e. The molecule has 0 aromatic heterocycles. The average molecular weight is 420 g/mol. The molecule has 0 saturated carbocycles. The van der Waals surface area contributed by atoms with Crippen LogP contribution >= 0.6 is 35.2 Å². The normalized spacial score (nSPS) is 13.7. The molecular formula is C15H21IN2O2S. The zero-order valence-corrected chi connectivity index (χ0v) is 15.7. The Bertz CT molecular complexity index is 534. The molecule has 0 radical (unpaired) electrons. The van der Waals surface area contributed by atoms with Gasteiger partial charge in [-0.3, -0.25) is 9.59 Å². The average Bonchev–Trinajstić information content (AvgIpc) is 2.41. The smallest absolute Gasteiger partial charge is 0.246 e. The van der Waals surface area contributed by atoms with E-state index in [1.807, 2.05) is 32.9 Å². The topological polar surface area (TPSA) is 58.2 Å². The fraction of sp³-hybridized carbons (Fsp3) is 0.467. The molecule has 0 aliphatic carbocycles. The number of rotatable bonds is 5. The number of anilines is 1. The van der Waals surface area contributed by atoms with Gasteiger partial charge in [0, 0.05) is 20.1 Å². The molecule has 2 N–H and O–H groups in total. The summed E-state index contributed by atoms with van der Waals surface area (Å²) in [5.74, 6) is -0.232. The van der Waals surface area contributed by atoms with Crippen molar-refractivity contribution in [3.05, 3.63) is 21.8 Å². The van der Waals surface area contributed by atoms with E-state index in [1.54, 1.807) is 13.0 Å². The van der Waals surface area contributed by atoms with Crippen LogP contribution < -0.4 is 10.6 Å². The minimum atomic E-state index is -0.582. The number of nitrogens with one attached hydrogen (secondary N) is 2. The lowest BCUT2D eigenvalue weighted by Crippen LogP contribution is -2.44. The van der Waals surface area contributed by atoms with E-state index in [-0.39, 0.29) is 23.7 Å². The van der Waals surface area contributed by atoms with E-state index in [0.717, 1.165) is 8.47 Å². The van der Waals surface area contributed by atoms with Crippen LogP contribution in [0.2, 0.25) is 0 Å². The lowest BCUT2D eigenvalue weighted by atomic mass is 9.97. The summed E-state index contributed by atoms with van der Waals surface area (Å²) in [6.45, 7) is 7.50. The number of hydrogen-bond donors (Lipinski definition) is 3. The number of hydrogen-bond acceptors (Lipinski definition) is 3. The standard InChI is InChI=1S/C15H21IN2O2S/c1-8(2)9(3)14(19)17-10(4)15(20)18-11-5-6-12(16)13(21)7-11/h5-10,21H,1-4H3,(H,17,19)(H,18,20)/t9-,10-/m0/s1. The Labute approximate surface area is 145 Å². The van der Waals surface area contributed by atoms with Gasteiger partial charge in [-0.1, -0.05) is 20.8 Å². The van der Waals surface area contributed by atoms with Gasteiger partial charge in [0.25, 0.3) is 0 Å². The summed E-state index contributed by atoms with van der Waals surface area (Å²) in [4.78, 5) is 24.8. The van der Waals surface area contributed by atoms with Gasteiger partial charge in [0.15, 0.2) is 0 Å². The molecule has 0 spiro atoms. The van der Waals surface area contributed by atoms with Crippen LogP contribution in [0.3, 0.4) is 0 Å². The summed E-state index contributed by atoms with van der Waals surface area (Å²) in [5, 5.41) is 5.51. The summed E-state index contributed by atoms with van der Waals surface area (Å²) in [5.41, 5.74) is 0.670. The summed E-state index contributed by atoms with van der Waals surface area (Å²) < 4.78 is 1.01. The Morgan fingerprint density at radius 3 is 2.29 bits per heavy atom. The molecule has 0 heterocycles. The molecule has 0 aliphatic rings. The third kappa shape index (κ3) is 5.50. The zero-order valence-electron chi connectivity index (χ0n) is 12.6. The number of amides is 2. The molecule has 2 amide bonds. The molecule has 0 fully saturated rings. The Morgan fingerprint density at radius 2 is 1.76 bits per heavy atom. The van der Waals surface area contributed by atoms with Crippen LogP contribution in [-0.4, -0.2) is 17.9 Å². The summed E-state index contributed by atoms with van der Waals surface area (Å²) in [7, 11) is 0. The predicted molar refractivity (Wildman–Crippen MR) is 96.6 cm³/mol. The van der Waals surface area contributed by atoms with Crippen molar-refractivity contribution in [1.29, 1.82) is 0 Å². The fourth-order valence-corrected chi connectivity index (χ4v) is 2.10. The third-order valence-electron chi connectivity index (χ3n) is 3.38. The van der Waals surface area contributed by atoms with Gasteiger partial charge in [-0.15, -0.1) is 12.6 Å². The molecule has 1 aromatic rings. The van der Waals surface area contributed by atoms with Gasteiger partial charge < -0.3 is 10.6 Å². The summed E-state index contributed by atoms with van der Waals surface area (Å²) in [6.07, 6.45) is 0. The maximum atomic E-state index is 12.1. The van der Waals surface area contributed by atoms with E-state index in [9.17, 15) is 9.59 Å². The predicted octanol–water partition coefficient (Wildman–Crippen LogP) is 3.32. The van der Waals surface area contributed by atoms with Crippen molar-refractivity contribution in [1.82, 2.24) is 5.32 Å². The molecular weight excluding hydrogens is 399 g/mol. The Balaban J connectivity index is 2.62. The summed E-state index contributed by atoms with van der Waals surface area (Å²) in [6, 6.07) is 4.89. The van der Waals surface area contributed by atoms with Crippen molar-refractivity contribution in [2.45, 2.75) is 38.6 Å². The van der Waals surface area contributed by atoms with Gasteiger partial charge in [0.2, 0.25) is 11.8 Å². The van der Waals surface area contributed by atoms with E-state index in [1.165, 1.54) is 0 Å². The highest BCUT2D eigenvalue weighted by molar-refractivity contribution is 14.1. The van der Waals surface area contributed by atoms with E-state index in [2.05, 4.69) is 45.9 Å². The van der Waals surface area contributed by atoms with Gasteiger partial charge in [-0.2, -0.15) is 0 Å². The third-order valence-corrected chi connectivity index (χ3v) is 5.12. The molecule has 0 aliphatic heterocycles. The van der Waals surface area contributed by atoms with E-state index in [4.69, 9.17) is 0 Å². The first-order chi connectivity index (χ1) is 9.72. The van der Waals surface area contributed by atoms with Gasteiger partial charge in [-0.05, 0) is 53.6 Å². The van der Waals surface area contributed by atoms with E-state index >= 15 is 0 Å². The minimum absolute atomic E-state index is 0.106. The molecule has 116 valence electrons. The highest BCUT2D eigenvalue weighted by Crippen LogP contribution is 2.20. The van der Waals surface area contributed by atoms with Crippen LogP contribution in [0.25, 0.3) is 0 Å². The second kappa shape index (κ2) is 8.03. The second-order valence-corrected chi connectivity index (χ2v) is 7.06. The molecule has 6 heteroatoms. The SMILES string of the molecule is CC(C)[C@H](C)C(=O)N[C@@H](C)C(=O)Nc1ccc(I)c(S)c1. The Morgan fingerprint density at radius 1 is 1.14 bits per heavy atom. The lowest BCUT2D eigenvalue weighted by molar-refractivity contribution is -0.129. The zero-order chi connectivity index (χ0) is 16.2. The van der Waals surface area contributed by atoms with E-state index in [0.29, 0.717) is 5.69 Å². The van der Waals surface area contributed by atoms with Crippen molar-refractivity contribution in [3.63, 3.8) is 0 Å². The van der Waals surface area contributed by atoms with Gasteiger partial charge in [0.05, 0.1) is 0 Å². The van der Waals surface area contributed by atoms with E-state index < -0.39 is 6.04 Å². The van der Waals surface area contributed by atoms with Crippen LogP contribution in [-0.2, 0) is 9.59 Å². The highest BCUT2D eigenvalue weighted by atomic mass is 127. The number of thiol groups is 1. The van der Waals surface area contributed by atoms with Crippen LogP contribution in [0.4, 0.5) is 5.69 Å². The molecule has 1 aromatic carbocycles. The maximum Gasteiger partial charge on any atom is 0.246 e. The Hall–Kier alpha value is -0.760. The molecule has 1 rings (SSSR count). The first-order valence-corrected chi connectivity index (χ1v) is 8.34. The first kappa shape index (κ1) is 18.3. The number of halogens is 1. The molecule has 2 atom stereocenters. The van der Waals surface area contributed by atoms with Crippen molar-refractivity contribution in [3.8, 4) is 0 Å². The van der Waals surface area contributed by atoms with Gasteiger partial charge >= 0.3 is 0 Å². The quantitative estimate of drug-likeness (QED) is 0.506. The van der Waals surface area contributed by atoms with Crippen molar-refractivity contribution < 1.29 is 9.59 Å². The number of carbonyl (C=O) groups is 2. The molecule has 0 saturated heterocycles. The van der Waals surface area contributed by atoms with Crippen molar-refractivity contribution >= 4 is 52.7 Å². The maximum absolute atomic E-state index is 12.1. The summed E-state index contributed by atoms with van der Waals surface area (Å²) >= 11 is 6.49. The monoisotopic (exact) mass is 420 g/mol. The van der Waals surface area contributed by atoms with Crippen molar-refractivity contribution in [2.75, 3.05) is 5.32 Å². The van der Waals surface area contributed by atoms with Crippen LogP contribution in [0, 0.1) is 15.4 Å². The first-order valence-electron chi connectivity index (χ1n) is 6.82. The molecule has 0 bridgehead atoms. The second-order valence-electron chi connectivity index (χ2n) is 5.42. The molecule has 21 heavy (non-hydrogen) atoms. The minimum Gasteiger partial charge on any atom is -0.344 e. The van der Waals surface area contributed by atoms with Crippen molar-refractivity contribution in [2.24, 2.45) is 11.8 Å². The molecule has 0 unspecified atom stereocenters. The van der Waals surface area contributed by atoms with Gasteiger partial charge in [0.1, 0.15) is 6.04 Å². The Kier molecular flexibility index (Phi) is 6.99. The van der Waals surface area contributed by atoms with Gasteiger partial charge in [-0.25, -0.2) is 0 Å². The number of carbonyl (C=O) groups excluding carboxylic acids is 2. The highest BCUT2D eigenvalue weighted by Gasteiger charge is 2.21. The van der Waals surface area contributed by atoms with Crippen LogP contribution in [0.5, 0.6) is 0 Å². The number of benzene rings is 1. The van der Waals surface area contributed by atoms with Crippen LogP contribution in [0.1, 0.15) is 27.7 Å².